The highest BCUT2D eigenvalue weighted by molar-refractivity contribution is 8.00. The monoisotopic (exact) mass is 311 g/mol. The van der Waals surface area contributed by atoms with Crippen LogP contribution in [0.15, 0.2) is 18.3 Å². The van der Waals surface area contributed by atoms with Crippen molar-refractivity contribution in [3.05, 3.63) is 24.0 Å². The largest absolute Gasteiger partial charge is 0.476 e. The topological polar surface area (TPSA) is 91.3 Å². The predicted molar refractivity (Wildman–Crippen MR) is 85.0 cm³/mol. The number of nitrogens with one attached hydrogen (secondary N) is 2. The van der Waals surface area contributed by atoms with E-state index in [2.05, 4.69) is 29.5 Å². The molecule has 0 aliphatic carbocycles. The summed E-state index contributed by atoms with van der Waals surface area (Å²) in [6.07, 6.45) is 5.28. The van der Waals surface area contributed by atoms with Crippen LogP contribution in [0.5, 0.6) is 0 Å². The number of anilines is 1. The number of nitrogens with zero attached hydrogens (tertiary/aromatic N) is 1. The number of carboxylic acid groups (broad SMARTS) is 1. The number of urea groups is 1. The Morgan fingerprint density at radius 1 is 1.38 bits per heavy atom. The zero-order valence-electron chi connectivity index (χ0n) is 12.5. The first-order valence-corrected chi connectivity index (χ1v) is 7.98. The van der Waals surface area contributed by atoms with Crippen molar-refractivity contribution in [2.24, 2.45) is 0 Å². The summed E-state index contributed by atoms with van der Waals surface area (Å²) >= 11 is 1.72. The molecule has 1 rings (SSSR count). The van der Waals surface area contributed by atoms with Gasteiger partial charge in [-0.2, -0.15) is 11.8 Å². The molecule has 2 amide bonds. The fraction of sp³-hybridized carbons (Fsp3) is 0.500. The molecule has 116 valence electrons. The Morgan fingerprint density at radius 2 is 2.05 bits per heavy atom. The van der Waals surface area contributed by atoms with Gasteiger partial charge in [0.1, 0.15) is 0 Å². The minimum atomic E-state index is -1.17. The van der Waals surface area contributed by atoms with Crippen LogP contribution in [-0.4, -0.2) is 39.6 Å². The van der Waals surface area contributed by atoms with Gasteiger partial charge in [-0.15, -0.1) is 0 Å². The molecule has 0 saturated heterocycles. The summed E-state index contributed by atoms with van der Waals surface area (Å²) in [5, 5.41) is 14.3. The third-order valence-electron chi connectivity index (χ3n) is 3.55. The lowest BCUT2D eigenvalue weighted by Gasteiger charge is -2.29. The summed E-state index contributed by atoms with van der Waals surface area (Å²) in [6, 6.07) is 2.66. The first-order valence-electron chi connectivity index (χ1n) is 6.76. The van der Waals surface area contributed by atoms with Crippen LogP contribution >= 0.6 is 11.8 Å². The number of carboxylic acids is 1. The highest BCUT2D eigenvalue weighted by Crippen LogP contribution is 2.29. The molecular weight excluding hydrogens is 290 g/mol. The number of hydrogen-bond donors (Lipinski definition) is 3. The van der Waals surface area contributed by atoms with Crippen LogP contribution in [0.3, 0.4) is 0 Å². The molecule has 0 aliphatic heterocycles. The third kappa shape index (κ3) is 4.63. The van der Waals surface area contributed by atoms with Gasteiger partial charge in [-0.25, -0.2) is 14.6 Å². The number of pyridine rings is 1. The highest BCUT2D eigenvalue weighted by atomic mass is 32.2. The summed E-state index contributed by atoms with van der Waals surface area (Å²) < 4.78 is 0.00189. The van der Waals surface area contributed by atoms with Gasteiger partial charge in [-0.1, -0.05) is 13.8 Å². The molecule has 1 aromatic heterocycles. The maximum absolute atomic E-state index is 11.9. The molecule has 0 saturated carbocycles. The Bertz CT molecular complexity index is 496. The number of thioether (sulfide) groups is 1. The second-order valence-corrected chi connectivity index (χ2v) is 5.88. The molecule has 0 bridgehead atoms. The molecule has 0 fully saturated rings. The number of carbonyl (C=O) groups excluding carboxylic acids is 1. The van der Waals surface area contributed by atoms with E-state index in [1.807, 2.05) is 6.26 Å². The fourth-order valence-electron chi connectivity index (χ4n) is 1.95. The molecule has 0 spiro atoms. The van der Waals surface area contributed by atoms with Crippen LogP contribution < -0.4 is 10.6 Å². The highest BCUT2D eigenvalue weighted by Gasteiger charge is 2.25. The zero-order chi connectivity index (χ0) is 15.9. The number of aromatic nitrogens is 1. The molecule has 1 aromatic rings. The van der Waals surface area contributed by atoms with E-state index in [4.69, 9.17) is 5.11 Å². The summed E-state index contributed by atoms with van der Waals surface area (Å²) in [6.45, 7) is 4.70. The van der Waals surface area contributed by atoms with E-state index in [9.17, 15) is 9.59 Å². The van der Waals surface area contributed by atoms with Gasteiger partial charge in [0.25, 0.3) is 0 Å². The van der Waals surface area contributed by atoms with Crippen LogP contribution in [0.25, 0.3) is 0 Å². The van der Waals surface area contributed by atoms with Crippen molar-refractivity contribution in [1.82, 2.24) is 10.3 Å². The molecule has 1 heterocycles. The first kappa shape index (κ1) is 17.3. The molecular formula is C14H21N3O3S. The van der Waals surface area contributed by atoms with Gasteiger partial charge < -0.3 is 15.7 Å². The third-order valence-corrected chi connectivity index (χ3v) is 5.14. The van der Waals surface area contributed by atoms with E-state index in [1.54, 1.807) is 17.8 Å². The van der Waals surface area contributed by atoms with Crippen LogP contribution in [-0.2, 0) is 0 Å². The Kier molecular flexibility index (Phi) is 6.48. The fourth-order valence-corrected chi connectivity index (χ4v) is 2.74. The lowest BCUT2D eigenvalue weighted by Crippen LogP contribution is -2.41. The van der Waals surface area contributed by atoms with Gasteiger partial charge in [0.05, 0.1) is 5.69 Å². The number of amides is 2. The average molecular weight is 311 g/mol. The van der Waals surface area contributed by atoms with Crippen molar-refractivity contribution in [3.8, 4) is 0 Å². The molecule has 21 heavy (non-hydrogen) atoms. The SMILES string of the molecule is CCC(CC)(CNC(=O)Nc1cccnc1C(=O)O)SC. The van der Waals surface area contributed by atoms with E-state index in [0.717, 1.165) is 12.8 Å². The number of aromatic carboxylic acids is 1. The summed E-state index contributed by atoms with van der Waals surface area (Å²) in [7, 11) is 0. The van der Waals surface area contributed by atoms with E-state index < -0.39 is 12.0 Å². The van der Waals surface area contributed by atoms with Crippen LogP contribution in [0.1, 0.15) is 37.2 Å². The van der Waals surface area contributed by atoms with E-state index in [1.165, 1.54) is 12.3 Å². The standard InChI is InChI=1S/C14H21N3O3S/c1-4-14(5-2,21-3)9-16-13(20)17-10-7-6-8-15-11(10)12(18)19/h6-8H,4-5,9H2,1-3H3,(H,18,19)(H2,16,17,20). The Morgan fingerprint density at radius 3 is 2.57 bits per heavy atom. The molecule has 6 nitrogen and oxygen atoms in total. The molecule has 7 heteroatoms. The van der Waals surface area contributed by atoms with Crippen molar-refractivity contribution < 1.29 is 14.7 Å². The van der Waals surface area contributed by atoms with Crippen LogP contribution in [0, 0.1) is 0 Å². The molecule has 0 radical (unpaired) electrons. The second kappa shape index (κ2) is 7.87. The predicted octanol–water partition coefficient (Wildman–Crippen LogP) is 2.82. The minimum absolute atomic E-state index is 0.00189. The van der Waals surface area contributed by atoms with E-state index in [-0.39, 0.29) is 16.1 Å². The molecule has 0 atom stereocenters. The van der Waals surface area contributed by atoms with Crippen molar-refractivity contribution in [1.29, 1.82) is 0 Å². The van der Waals surface area contributed by atoms with E-state index >= 15 is 0 Å². The van der Waals surface area contributed by atoms with E-state index in [0.29, 0.717) is 6.54 Å². The molecule has 0 aromatic carbocycles. The number of hydrogen-bond acceptors (Lipinski definition) is 4. The smallest absolute Gasteiger partial charge is 0.356 e. The minimum Gasteiger partial charge on any atom is -0.476 e. The average Bonchev–Trinajstić information content (AvgIpc) is 2.49. The summed E-state index contributed by atoms with van der Waals surface area (Å²) in [5.74, 6) is -1.17. The molecule has 0 aliphatic rings. The Labute approximate surface area is 128 Å². The normalized spacial score (nSPS) is 11.0. The summed E-state index contributed by atoms with van der Waals surface area (Å²) in [4.78, 5) is 26.7. The second-order valence-electron chi connectivity index (χ2n) is 4.61. The van der Waals surface area contributed by atoms with Gasteiger partial charge in [-0.3, -0.25) is 0 Å². The maximum atomic E-state index is 11.9. The number of rotatable bonds is 7. The van der Waals surface area contributed by atoms with Crippen molar-refractivity contribution in [3.63, 3.8) is 0 Å². The first-order chi connectivity index (χ1) is 9.98. The molecule has 3 N–H and O–H groups in total. The van der Waals surface area contributed by atoms with Gasteiger partial charge >= 0.3 is 12.0 Å². The van der Waals surface area contributed by atoms with Gasteiger partial charge in [0, 0.05) is 17.5 Å². The zero-order valence-corrected chi connectivity index (χ0v) is 13.3. The van der Waals surface area contributed by atoms with Crippen molar-refractivity contribution >= 4 is 29.4 Å². The van der Waals surface area contributed by atoms with Gasteiger partial charge in [0.2, 0.25) is 0 Å². The van der Waals surface area contributed by atoms with Gasteiger partial charge in [0.15, 0.2) is 5.69 Å². The number of carbonyl (C=O) groups is 2. The van der Waals surface area contributed by atoms with Gasteiger partial charge in [-0.05, 0) is 31.2 Å². The molecule has 0 unspecified atom stereocenters. The quantitative estimate of drug-likeness (QED) is 0.720. The lowest BCUT2D eigenvalue weighted by atomic mass is 10.0. The maximum Gasteiger partial charge on any atom is 0.356 e. The van der Waals surface area contributed by atoms with Crippen molar-refractivity contribution in [2.45, 2.75) is 31.4 Å². The lowest BCUT2D eigenvalue weighted by molar-refractivity contribution is 0.0691. The summed E-state index contributed by atoms with van der Waals surface area (Å²) in [5.41, 5.74) is 0.0139. The Hall–Kier alpha value is -1.76. The van der Waals surface area contributed by atoms with Crippen molar-refractivity contribution in [2.75, 3.05) is 18.1 Å². The Balaban J connectivity index is 2.69. The van der Waals surface area contributed by atoms with Crippen LogP contribution in [0.2, 0.25) is 0 Å². The van der Waals surface area contributed by atoms with Crippen LogP contribution in [0.4, 0.5) is 10.5 Å².